The van der Waals surface area contributed by atoms with Gasteiger partial charge in [-0.25, -0.2) is 9.78 Å². The summed E-state index contributed by atoms with van der Waals surface area (Å²) >= 11 is 5.76. The summed E-state index contributed by atoms with van der Waals surface area (Å²) < 4.78 is 1.67. The lowest BCUT2D eigenvalue weighted by Crippen LogP contribution is -2.40. The third-order valence-electron chi connectivity index (χ3n) is 4.11. The van der Waals surface area contributed by atoms with E-state index in [0.29, 0.717) is 15.9 Å². The highest BCUT2D eigenvalue weighted by Crippen LogP contribution is 2.28. The molecule has 0 aliphatic carbocycles. The van der Waals surface area contributed by atoms with Crippen molar-refractivity contribution < 1.29 is 4.79 Å². The standard InChI is InChI=1S/C18H17N7OS2/c1-10(2)25(13-6-3-11(4-7-13)16-21-23-24-22-16)17(26)19-12-5-8-14-15(9-12)28-18(27)20-14/h3-10H,1-2H3,(H,19,26)(H,20,27)(H,21,22,23,24). The van der Waals surface area contributed by atoms with Gasteiger partial charge in [-0.3, -0.25) is 4.90 Å². The summed E-state index contributed by atoms with van der Waals surface area (Å²) in [6, 6.07) is 12.8. The first-order valence-corrected chi connectivity index (χ1v) is 9.81. The van der Waals surface area contributed by atoms with Crippen molar-refractivity contribution in [3.63, 3.8) is 0 Å². The van der Waals surface area contributed by atoms with Gasteiger partial charge in [0.25, 0.3) is 0 Å². The number of anilines is 2. The molecule has 8 nitrogen and oxygen atoms in total. The van der Waals surface area contributed by atoms with Crippen LogP contribution in [0, 0.1) is 0 Å². The summed E-state index contributed by atoms with van der Waals surface area (Å²) in [5.41, 5.74) is 3.17. The average Bonchev–Trinajstić information content (AvgIpc) is 3.30. The fraction of sp³-hybridized carbons (Fsp3) is 0.167. The van der Waals surface area contributed by atoms with Crippen LogP contribution in [0.1, 0.15) is 13.8 Å². The predicted octanol–water partition coefficient (Wildman–Crippen LogP) is 4.21. The molecule has 2 amide bonds. The lowest BCUT2D eigenvalue weighted by atomic mass is 10.1. The molecular formula is C18H17N7OS2. The number of tetrazole rings is 1. The summed E-state index contributed by atoms with van der Waals surface area (Å²) in [6.45, 7) is 3.93. The molecule has 0 aliphatic heterocycles. The molecule has 0 saturated carbocycles. The number of aromatic nitrogens is 5. The SMILES string of the molecule is CC(C)N(C(=O)Nc1ccc2nc(S)sc2c1)c1ccc(-c2nn[nH]n2)cc1. The monoisotopic (exact) mass is 411 g/mol. The Balaban J connectivity index is 1.57. The maximum atomic E-state index is 13.0. The zero-order chi connectivity index (χ0) is 19.7. The van der Waals surface area contributed by atoms with Crippen LogP contribution in [0.25, 0.3) is 21.6 Å². The van der Waals surface area contributed by atoms with Gasteiger partial charge in [0.15, 0.2) is 0 Å². The van der Waals surface area contributed by atoms with Crippen LogP contribution in [0.5, 0.6) is 0 Å². The van der Waals surface area contributed by atoms with Crippen LogP contribution in [-0.2, 0) is 0 Å². The highest BCUT2D eigenvalue weighted by molar-refractivity contribution is 7.82. The molecule has 0 atom stereocenters. The van der Waals surface area contributed by atoms with Gasteiger partial charge in [0, 0.05) is 23.0 Å². The number of urea groups is 1. The number of carbonyl (C=O) groups is 1. The minimum absolute atomic E-state index is 0.0350. The number of thiol groups is 1. The molecule has 0 radical (unpaired) electrons. The number of fused-ring (bicyclic) bond motifs is 1. The maximum absolute atomic E-state index is 13.0. The smallest absolute Gasteiger partial charge is 0.307 e. The molecule has 142 valence electrons. The van der Waals surface area contributed by atoms with E-state index in [2.05, 4.69) is 43.6 Å². The first kappa shape index (κ1) is 18.4. The molecule has 0 aliphatic rings. The fourth-order valence-electron chi connectivity index (χ4n) is 2.88. The number of nitrogens with zero attached hydrogens (tertiary/aromatic N) is 5. The van der Waals surface area contributed by atoms with Crippen LogP contribution in [0.2, 0.25) is 0 Å². The molecule has 2 heterocycles. The number of nitrogens with one attached hydrogen (secondary N) is 2. The summed E-state index contributed by atoms with van der Waals surface area (Å²) in [4.78, 5) is 19.0. The molecule has 0 unspecified atom stereocenters. The molecule has 4 aromatic rings. The Hall–Kier alpha value is -2.98. The van der Waals surface area contributed by atoms with Gasteiger partial charge in [0.2, 0.25) is 5.82 Å². The normalized spacial score (nSPS) is 11.1. The van der Waals surface area contributed by atoms with Crippen molar-refractivity contribution in [3.8, 4) is 11.4 Å². The number of aromatic amines is 1. The third kappa shape index (κ3) is 3.69. The zero-order valence-electron chi connectivity index (χ0n) is 15.1. The number of benzene rings is 2. The quantitative estimate of drug-likeness (QED) is 0.437. The number of amides is 2. The summed E-state index contributed by atoms with van der Waals surface area (Å²) in [7, 11) is 0. The lowest BCUT2D eigenvalue weighted by molar-refractivity contribution is 0.255. The van der Waals surface area contributed by atoms with Crippen LogP contribution in [0.4, 0.5) is 16.2 Å². The molecule has 0 bridgehead atoms. The van der Waals surface area contributed by atoms with Crippen LogP contribution < -0.4 is 10.2 Å². The minimum atomic E-state index is -0.211. The highest BCUT2D eigenvalue weighted by Gasteiger charge is 2.20. The molecule has 2 N–H and O–H groups in total. The predicted molar refractivity (Wildman–Crippen MR) is 113 cm³/mol. The van der Waals surface area contributed by atoms with Crippen molar-refractivity contribution in [2.24, 2.45) is 0 Å². The van der Waals surface area contributed by atoms with Crippen molar-refractivity contribution in [2.75, 3.05) is 10.2 Å². The number of hydrogen-bond donors (Lipinski definition) is 3. The van der Waals surface area contributed by atoms with Crippen molar-refractivity contribution in [3.05, 3.63) is 42.5 Å². The Bertz CT molecular complexity index is 1110. The molecule has 0 spiro atoms. The summed E-state index contributed by atoms with van der Waals surface area (Å²) in [5.74, 6) is 0.508. The number of H-pyrrole nitrogens is 1. The lowest BCUT2D eigenvalue weighted by Gasteiger charge is -2.27. The highest BCUT2D eigenvalue weighted by atomic mass is 32.2. The van der Waals surface area contributed by atoms with Gasteiger partial charge in [-0.2, -0.15) is 5.21 Å². The number of hydrogen-bond acceptors (Lipinski definition) is 7. The van der Waals surface area contributed by atoms with Crippen molar-refractivity contribution in [1.82, 2.24) is 25.6 Å². The van der Waals surface area contributed by atoms with E-state index in [1.165, 1.54) is 11.3 Å². The largest absolute Gasteiger partial charge is 0.326 e. The molecule has 2 aromatic carbocycles. The van der Waals surface area contributed by atoms with Gasteiger partial charge in [-0.1, -0.05) is 0 Å². The Morgan fingerprint density at radius 2 is 2.00 bits per heavy atom. The first-order valence-electron chi connectivity index (χ1n) is 8.55. The maximum Gasteiger partial charge on any atom is 0.326 e. The van der Waals surface area contributed by atoms with Crippen LogP contribution in [0.15, 0.2) is 46.8 Å². The number of rotatable bonds is 4. The van der Waals surface area contributed by atoms with E-state index < -0.39 is 0 Å². The fourth-order valence-corrected chi connectivity index (χ4v) is 4.03. The average molecular weight is 412 g/mol. The van der Waals surface area contributed by atoms with E-state index >= 15 is 0 Å². The minimum Gasteiger partial charge on any atom is -0.307 e. The Kier molecular flexibility index (Phi) is 4.97. The molecular weight excluding hydrogens is 394 g/mol. The zero-order valence-corrected chi connectivity index (χ0v) is 16.8. The summed E-state index contributed by atoms with van der Waals surface area (Å²) in [6.07, 6.45) is 0. The van der Waals surface area contributed by atoms with Crippen molar-refractivity contribution >= 4 is 51.6 Å². The van der Waals surface area contributed by atoms with E-state index in [1.807, 2.05) is 56.3 Å². The number of thiazole rings is 1. The van der Waals surface area contributed by atoms with Gasteiger partial charge in [0.1, 0.15) is 4.34 Å². The van der Waals surface area contributed by atoms with Gasteiger partial charge >= 0.3 is 6.03 Å². The van der Waals surface area contributed by atoms with Crippen LogP contribution in [0.3, 0.4) is 0 Å². The van der Waals surface area contributed by atoms with Crippen LogP contribution in [-0.4, -0.2) is 37.7 Å². The second-order valence-corrected chi connectivity index (χ2v) is 8.11. The molecule has 2 aromatic heterocycles. The van der Waals surface area contributed by atoms with Crippen LogP contribution >= 0.6 is 24.0 Å². The van der Waals surface area contributed by atoms with Gasteiger partial charge < -0.3 is 5.32 Å². The van der Waals surface area contributed by atoms with E-state index in [0.717, 1.165) is 21.5 Å². The Labute approximate surface area is 170 Å². The Morgan fingerprint density at radius 3 is 2.68 bits per heavy atom. The molecule has 4 rings (SSSR count). The molecule has 0 saturated heterocycles. The van der Waals surface area contributed by atoms with Gasteiger partial charge in [-0.15, -0.1) is 34.2 Å². The third-order valence-corrected chi connectivity index (χ3v) is 5.31. The van der Waals surface area contributed by atoms with Gasteiger partial charge in [0.05, 0.1) is 10.2 Å². The molecule has 10 heteroatoms. The Morgan fingerprint density at radius 1 is 1.21 bits per heavy atom. The van der Waals surface area contributed by atoms with E-state index in [4.69, 9.17) is 0 Å². The topological polar surface area (TPSA) is 99.7 Å². The first-order chi connectivity index (χ1) is 13.5. The summed E-state index contributed by atoms with van der Waals surface area (Å²) in [5, 5.41) is 16.9. The molecule has 0 fully saturated rings. The van der Waals surface area contributed by atoms with E-state index in [1.54, 1.807) is 4.90 Å². The van der Waals surface area contributed by atoms with E-state index in [-0.39, 0.29) is 12.1 Å². The second kappa shape index (κ2) is 7.56. The van der Waals surface area contributed by atoms with Crippen molar-refractivity contribution in [1.29, 1.82) is 0 Å². The van der Waals surface area contributed by atoms with E-state index in [9.17, 15) is 4.79 Å². The molecule has 28 heavy (non-hydrogen) atoms. The number of carbonyl (C=O) groups excluding carboxylic acids is 1. The second-order valence-electron chi connectivity index (χ2n) is 6.36. The van der Waals surface area contributed by atoms with Crippen molar-refractivity contribution in [2.45, 2.75) is 24.2 Å². The van der Waals surface area contributed by atoms with Gasteiger partial charge in [-0.05, 0) is 61.5 Å².